The van der Waals surface area contributed by atoms with Gasteiger partial charge in [0.2, 0.25) is 0 Å². The molecule has 0 saturated carbocycles. The molecule has 0 bridgehead atoms. The highest BCUT2D eigenvalue weighted by Gasteiger charge is 2.20. The summed E-state index contributed by atoms with van der Waals surface area (Å²) in [6.07, 6.45) is 2.36. The Morgan fingerprint density at radius 1 is 1.27 bits per heavy atom. The molecule has 2 aromatic heterocycles. The van der Waals surface area contributed by atoms with Crippen molar-refractivity contribution in [1.29, 1.82) is 0 Å². The van der Waals surface area contributed by atoms with Gasteiger partial charge in [0.05, 0.1) is 19.1 Å². The van der Waals surface area contributed by atoms with Crippen LogP contribution >= 0.6 is 23.1 Å². The molecular weight excluding hydrogens is 368 g/mol. The van der Waals surface area contributed by atoms with Crippen LogP contribution in [-0.4, -0.2) is 34.9 Å². The number of carbonyl (C=O) groups excluding carboxylic acids is 1. The Morgan fingerprint density at radius 3 is 2.73 bits per heavy atom. The lowest BCUT2D eigenvalue weighted by molar-refractivity contribution is -0.142. The summed E-state index contributed by atoms with van der Waals surface area (Å²) in [6, 6.07) is 7.89. The van der Waals surface area contributed by atoms with Gasteiger partial charge in [-0.25, -0.2) is 9.97 Å². The fraction of sp³-hybridized carbons (Fsp3) is 0.316. The lowest BCUT2D eigenvalue weighted by Crippen LogP contribution is -2.17. The lowest BCUT2D eigenvalue weighted by atomic mass is 10.1. The first-order valence-electron chi connectivity index (χ1n) is 8.34. The molecule has 0 aliphatic heterocycles. The number of ether oxygens (including phenoxy) is 2. The number of hydrogen-bond donors (Lipinski definition) is 0. The van der Waals surface area contributed by atoms with Gasteiger partial charge in [-0.1, -0.05) is 30.8 Å². The van der Waals surface area contributed by atoms with Crippen molar-refractivity contribution in [3.05, 3.63) is 36.0 Å². The highest BCUT2D eigenvalue weighted by atomic mass is 32.2. The molecule has 7 heteroatoms. The Morgan fingerprint density at radius 2 is 2.04 bits per heavy atom. The first kappa shape index (κ1) is 18.7. The average Bonchev–Trinajstić information content (AvgIpc) is 3.11. The average molecular weight is 389 g/mol. The van der Waals surface area contributed by atoms with E-state index in [2.05, 4.69) is 15.3 Å². The number of benzene rings is 1. The normalized spacial score (nSPS) is 12.1. The summed E-state index contributed by atoms with van der Waals surface area (Å²) in [4.78, 5) is 21.8. The standard InChI is InChI=1S/C19H20N2O3S2/c1-4-9-24-19(22)12(2)26-18-16-15(10-25-17(16)20-11-21-18)13-5-7-14(23-3)8-6-13/h5-8,10-12H,4,9H2,1-3H3. The molecule has 1 atom stereocenters. The second-order valence-corrected chi connectivity index (χ2v) is 7.85. The van der Waals surface area contributed by atoms with Crippen LogP contribution in [0, 0.1) is 0 Å². The van der Waals surface area contributed by atoms with Gasteiger partial charge in [0.15, 0.2) is 0 Å². The number of aromatic nitrogens is 2. The van der Waals surface area contributed by atoms with Gasteiger partial charge >= 0.3 is 5.97 Å². The Labute approximate surface area is 160 Å². The predicted octanol–water partition coefficient (Wildman–Crippen LogP) is 4.80. The van der Waals surface area contributed by atoms with Crippen molar-refractivity contribution in [3.8, 4) is 16.9 Å². The summed E-state index contributed by atoms with van der Waals surface area (Å²) in [6.45, 7) is 4.26. The Kier molecular flexibility index (Phi) is 6.11. The Bertz CT molecular complexity index is 893. The summed E-state index contributed by atoms with van der Waals surface area (Å²) in [5, 5.41) is 3.51. The third-order valence-corrected chi connectivity index (χ3v) is 5.77. The van der Waals surface area contributed by atoms with Crippen molar-refractivity contribution in [2.45, 2.75) is 30.5 Å². The minimum absolute atomic E-state index is 0.218. The van der Waals surface area contributed by atoms with Crippen molar-refractivity contribution >= 4 is 39.3 Å². The van der Waals surface area contributed by atoms with Crippen LogP contribution in [0.1, 0.15) is 20.3 Å². The molecule has 0 amide bonds. The van der Waals surface area contributed by atoms with Crippen molar-refractivity contribution in [1.82, 2.24) is 9.97 Å². The molecule has 0 saturated heterocycles. The molecule has 1 aromatic carbocycles. The van der Waals surface area contributed by atoms with Crippen molar-refractivity contribution in [3.63, 3.8) is 0 Å². The first-order chi connectivity index (χ1) is 12.6. The number of thiophene rings is 1. The second-order valence-electron chi connectivity index (χ2n) is 5.66. The summed E-state index contributed by atoms with van der Waals surface area (Å²) in [7, 11) is 1.65. The van der Waals surface area contributed by atoms with Crippen LogP contribution in [0.4, 0.5) is 0 Å². The highest BCUT2D eigenvalue weighted by Crippen LogP contribution is 2.39. The van der Waals surface area contributed by atoms with Gasteiger partial charge in [0.1, 0.15) is 27.2 Å². The molecule has 3 rings (SSSR count). The van der Waals surface area contributed by atoms with E-state index in [9.17, 15) is 4.79 Å². The molecule has 0 N–H and O–H groups in total. The fourth-order valence-electron chi connectivity index (χ4n) is 2.46. The monoisotopic (exact) mass is 388 g/mol. The van der Waals surface area contributed by atoms with E-state index in [4.69, 9.17) is 9.47 Å². The summed E-state index contributed by atoms with van der Waals surface area (Å²) in [5.74, 6) is 0.594. The number of methoxy groups -OCH3 is 1. The number of carbonyl (C=O) groups is 1. The predicted molar refractivity (Wildman–Crippen MR) is 106 cm³/mol. The number of fused-ring (bicyclic) bond motifs is 1. The Balaban J connectivity index is 1.93. The molecule has 0 radical (unpaired) electrons. The number of esters is 1. The van der Waals surface area contributed by atoms with E-state index in [0.717, 1.165) is 38.5 Å². The minimum atomic E-state index is -0.330. The summed E-state index contributed by atoms with van der Waals surface area (Å²) < 4.78 is 10.5. The third-order valence-electron chi connectivity index (χ3n) is 3.81. The maximum Gasteiger partial charge on any atom is 0.319 e. The largest absolute Gasteiger partial charge is 0.497 e. The molecule has 2 heterocycles. The topological polar surface area (TPSA) is 61.3 Å². The van der Waals surface area contributed by atoms with E-state index in [0.29, 0.717) is 6.61 Å². The lowest BCUT2D eigenvalue weighted by Gasteiger charge is -2.11. The molecule has 136 valence electrons. The Hall–Kier alpha value is -2.12. The first-order valence-corrected chi connectivity index (χ1v) is 10.1. The minimum Gasteiger partial charge on any atom is -0.497 e. The SMILES string of the molecule is CCCOC(=O)C(C)Sc1ncnc2scc(-c3ccc(OC)cc3)c12. The van der Waals surface area contributed by atoms with Crippen molar-refractivity contribution in [2.75, 3.05) is 13.7 Å². The van der Waals surface area contributed by atoms with E-state index in [-0.39, 0.29) is 11.2 Å². The van der Waals surface area contributed by atoms with E-state index < -0.39 is 0 Å². The molecule has 0 aliphatic rings. The second kappa shape index (κ2) is 8.51. The zero-order chi connectivity index (χ0) is 18.5. The maximum atomic E-state index is 12.1. The van der Waals surface area contributed by atoms with Crippen LogP contribution in [0.25, 0.3) is 21.3 Å². The van der Waals surface area contributed by atoms with Crippen LogP contribution in [0.3, 0.4) is 0 Å². The van der Waals surface area contributed by atoms with Crippen molar-refractivity contribution in [2.24, 2.45) is 0 Å². The molecule has 0 aliphatic carbocycles. The quantitative estimate of drug-likeness (QED) is 0.329. The summed E-state index contributed by atoms with van der Waals surface area (Å²) in [5.41, 5.74) is 2.12. The van der Waals surface area contributed by atoms with Gasteiger partial charge in [-0.15, -0.1) is 11.3 Å². The van der Waals surface area contributed by atoms with Gasteiger partial charge in [0.25, 0.3) is 0 Å². The molecule has 0 spiro atoms. The van der Waals surface area contributed by atoms with E-state index in [1.165, 1.54) is 11.8 Å². The number of nitrogens with zero attached hydrogens (tertiary/aromatic N) is 2. The van der Waals surface area contributed by atoms with Gasteiger partial charge in [0, 0.05) is 10.9 Å². The van der Waals surface area contributed by atoms with Gasteiger partial charge < -0.3 is 9.47 Å². The molecule has 0 fully saturated rings. The molecule has 26 heavy (non-hydrogen) atoms. The number of thioether (sulfide) groups is 1. The van der Waals surface area contributed by atoms with E-state index in [1.54, 1.807) is 24.8 Å². The molecular formula is C19H20N2O3S2. The van der Waals surface area contributed by atoms with Gasteiger partial charge in [-0.05, 0) is 31.0 Å². The van der Waals surface area contributed by atoms with Crippen LogP contribution < -0.4 is 4.74 Å². The fourth-order valence-corrected chi connectivity index (χ4v) is 4.37. The smallest absolute Gasteiger partial charge is 0.319 e. The molecule has 1 unspecified atom stereocenters. The third kappa shape index (κ3) is 3.99. The van der Waals surface area contributed by atoms with Gasteiger partial charge in [-0.3, -0.25) is 4.79 Å². The summed E-state index contributed by atoms with van der Waals surface area (Å²) >= 11 is 2.98. The van der Waals surface area contributed by atoms with Crippen LogP contribution in [-0.2, 0) is 9.53 Å². The number of rotatable bonds is 7. The van der Waals surface area contributed by atoms with Crippen LogP contribution in [0.5, 0.6) is 5.75 Å². The van der Waals surface area contributed by atoms with Crippen LogP contribution in [0.15, 0.2) is 41.0 Å². The number of hydrogen-bond acceptors (Lipinski definition) is 7. The van der Waals surface area contributed by atoms with Crippen molar-refractivity contribution < 1.29 is 14.3 Å². The van der Waals surface area contributed by atoms with Crippen LogP contribution in [0.2, 0.25) is 0 Å². The van der Waals surface area contributed by atoms with E-state index in [1.807, 2.05) is 38.1 Å². The zero-order valence-corrected chi connectivity index (χ0v) is 16.5. The highest BCUT2D eigenvalue weighted by molar-refractivity contribution is 8.00. The maximum absolute atomic E-state index is 12.1. The zero-order valence-electron chi connectivity index (χ0n) is 14.9. The molecule has 5 nitrogen and oxygen atoms in total. The van der Waals surface area contributed by atoms with E-state index >= 15 is 0 Å². The van der Waals surface area contributed by atoms with Gasteiger partial charge in [-0.2, -0.15) is 0 Å². The molecule has 3 aromatic rings.